The Morgan fingerprint density at radius 1 is 1.06 bits per heavy atom. The molecule has 1 fully saturated rings. The molecule has 0 radical (unpaired) electrons. The first kappa shape index (κ1) is 23.4. The number of hydroxylamine groups is 1. The van der Waals surface area contributed by atoms with E-state index in [2.05, 4.69) is 52.1 Å². The van der Waals surface area contributed by atoms with Gasteiger partial charge in [-0.3, -0.25) is 20.0 Å². The van der Waals surface area contributed by atoms with Crippen LogP contribution in [0.3, 0.4) is 0 Å². The molecule has 0 bridgehead atoms. The second-order valence-electron chi connectivity index (χ2n) is 8.51. The van der Waals surface area contributed by atoms with Crippen LogP contribution < -0.4 is 10.8 Å². The lowest BCUT2D eigenvalue weighted by Crippen LogP contribution is -2.31. The number of nitrogens with one attached hydrogen (secondary N) is 2. The molecule has 8 heteroatoms. The van der Waals surface area contributed by atoms with Crippen LogP contribution in [0, 0.1) is 0 Å². The van der Waals surface area contributed by atoms with Crippen molar-refractivity contribution in [3.63, 3.8) is 0 Å². The van der Waals surface area contributed by atoms with E-state index in [-0.39, 0.29) is 12.0 Å². The van der Waals surface area contributed by atoms with E-state index in [9.17, 15) is 4.79 Å². The summed E-state index contributed by atoms with van der Waals surface area (Å²) < 4.78 is 0.593. The van der Waals surface area contributed by atoms with Gasteiger partial charge >= 0.3 is 0 Å². The fourth-order valence-electron chi connectivity index (χ4n) is 4.33. The van der Waals surface area contributed by atoms with Crippen LogP contribution in [0.25, 0.3) is 16.8 Å². The number of benzene rings is 2. The molecule has 34 heavy (non-hydrogen) atoms. The SMILES string of the molecule is O=C(NCC1C=C(c2ccc(-c3cc(Cl)ccc3CN3CCCC3)cc2)NO1)c1ccc(Cl)s1. The van der Waals surface area contributed by atoms with E-state index in [1.807, 2.05) is 12.1 Å². The number of halogens is 2. The van der Waals surface area contributed by atoms with Gasteiger partial charge in [-0.2, -0.15) is 0 Å². The Hall–Kier alpha value is -2.35. The third-order valence-corrected chi connectivity index (χ3v) is 7.57. The van der Waals surface area contributed by atoms with E-state index in [1.54, 1.807) is 12.1 Å². The van der Waals surface area contributed by atoms with E-state index in [0.717, 1.165) is 41.5 Å². The van der Waals surface area contributed by atoms with Gasteiger partial charge in [0.2, 0.25) is 0 Å². The number of amides is 1. The highest BCUT2D eigenvalue weighted by Crippen LogP contribution is 2.30. The smallest absolute Gasteiger partial charge is 0.261 e. The first-order chi connectivity index (χ1) is 16.5. The van der Waals surface area contributed by atoms with Crippen molar-refractivity contribution in [3.05, 3.63) is 86.0 Å². The summed E-state index contributed by atoms with van der Waals surface area (Å²) in [4.78, 5) is 20.9. The monoisotopic (exact) mass is 513 g/mol. The van der Waals surface area contributed by atoms with Crippen LogP contribution in [0.5, 0.6) is 0 Å². The summed E-state index contributed by atoms with van der Waals surface area (Å²) in [5.41, 5.74) is 8.49. The minimum atomic E-state index is -0.256. The lowest BCUT2D eigenvalue weighted by molar-refractivity contribution is 0.0499. The Labute approximate surface area is 213 Å². The number of likely N-dealkylation sites (tertiary alicyclic amines) is 1. The Morgan fingerprint density at radius 2 is 1.82 bits per heavy atom. The van der Waals surface area contributed by atoms with Gasteiger partial charge in [0.1, 0.15) is 6.10 Å². The predicted octanol–water partition coefficient (Wildman–Crippen LogP) is 5.99. The van der Waals surface area contributed by atoms with Gasteiger partial charge < -0.3 is 5.32 Å². The van der Waals surface area contributed by atoms with Gasteiger partial charge in [-0.1, -0.05) is 53.5 Å². The normalized spacial score (nSPS) is 18.1. The van der Waals surface area contributed by atoms with Crippen LogP contribution >= 0.6 is 34.5 Å². The largest absolute Gasteiger partial charge is 0.348 e. The van der Waals surface area contributed by atoms with Crippen molar-refractivity contribution < 1.29 is 9.63 Å². The summed E-state index contributed by atoms with van der Waals surface area (Å²) >= 11 is 13.5. The number of hydrogen-bond acceptors (Lipinski definition) is 5. The first-order valence-corrected chi connectivity index (χ1v) is 12.9. The minimum absolute atomic E-state index is 0.155. The molecule has 1 atom stereocenters. The molecule has 5 rings (SSSR count). The van der Waals surface area contributed by atoms with Crippen molar-refractivity contribution in [2.75, 3.05) is 19.6 Å². The number of carbonyl (C=O) groups is 1. The molecule has 1 saturated heterocycles. The molecular formula is C26H25Cl2N3O2S. The third-order valence-electron chi connectivity index (χ3n) is 6.11. The maximum absolute atomic E-state index is 12.2. The molecule has 2 aromatic carbocycles. The summed E-state index contributed by atoms with van der Waals surface area (Å²) in [6.07, 6.45) is 4.27. The Morgan fingerprint density at radius 3 is 2.56 bits per heavy atom. The number of hydrogen-bond donors (Lipinski definition) is 2. The maximum atomic E-state index is 12.2. The maximum Gasteiger partial charge on any atom is 0.261 e. The molecule has 1 unspecified atom stereocenters. The van der Waals surface area contributed by atoms with E-state index in [0.29, 0.717) is 15.8 Å². The third kappa shape index (κ3) is 5.48. The van der Waals surface area contributed by atoms with Gasteiger partial charge in [-0.25, -0.2) is 0 Å². The van der Waals surface area contributed by atoms with Crippen molar-refractivity contribution in [1.82, 2.24) is 15.7 Å². The van der Waals surface area contributed by atoms with Gasteiger partial charge in [0.25, 0.3) is 5.91 Å². The molecule has 176 valence electrons. The fraction of sp³-hybridized carbons (Fsp3) is 0.269. The summed E-state index contributed by atoms with van der Waals surface area (Å²) in [6.45, 7) is 3.62. The summed E-state index contributed by atoms with van der Waals surface area (Å²) in [5.74, 6) is -0.155. The molecule has 0 spiro atoms. The number of rotatable bonds is 7. The van der Waals surface area contributed by atoms with Gasteiger partial charge in [0.05, 0.1) is 21.5 Å². The van der Waals surface area contributed by atoms with Crippen molar-refractivity contribution in [3.8, 4) is 11.1 Å². The highest BCUT2D eigenvalue weighted by atomic mass is 35.5. The molecule has 1 amide bonds. The van der Waals surface area contributed by atoms with Crippen LogP contribution in [0.4, 0.5) is 0 Å². The number of carbonyl (C=O) groups excluding carboxylic acids is 1. The van der Waals surface area contributed by atoms with E-state index in [1.165, 1.54) is 35.3 Å². The van der Waals surface area contributed by atoms with Gasteiger partial charge in [-0.05, 0) is 78.5 Å². The molecule has 2 N–H and O–H groups in total. The summed E-state index contributed by atoms with van der Waals surface area (Å²) in [5, 5.41) is 3.63. The van der Waals surface area contributed by atoms with Crippen molar-refractivity contribution in [2.45, 2.75) is 25.5 Å². The van der Waals surface area contributed by atoms with Crippen molar-refractivity contribution in [1.29, 1.82) is 0 Å². The topological polar surface area (TPSA) is 53.6 Å². The van der Waals surface area contributed by atoms with Gasteiger partial charge in [0.15, 0.2) is 0 Å². The molecule has 5 nitrogen and oxygen atoms in total. The standard InChI is InChI=1S/C26H25Cl2N3O2S/c27-20-8-7-19(16-31-11-1-2-12-31)22(13-20)17-3-5-18(6-4-17)23-14-21(33-30-23)15-29-26(32)24-9-10-25(28)34-24/h3-10,13-14,21,30H,1-2,11-12,15-16H2,(H,29,32). The van der Waals surface area contributed by atoms with E-state index in [4.69, 9.17) is 28.0 Å². The lowest BCUT2D eigenvalue weighted by Gasteiger charge is -2.18. The van der Waals surface area contributed by atoms with E-state index >= 15 is 0 Å². The van der Waals surface area contributed by atoms with Crippen LogP contribution in [0.1, 0.15) is 33.6 Å². The Balaban J connectivity index is 1.25. The molecule has 2 aliphatic rings. The van der Waals surface area contributed by atoms with Crippen LogP contribution in [-0.4, -0.2) is 36.5 Å². The van der Waals surface area contributed by atoms with Crippen LogP contribution in [-0.2, 0) is 11.4 Å². The highest BCUT2D eigenvalue weighted by molar-refractivity contribution is 7.18. The quantitative estimate of drug-likeness (QED) is 0.407. The van der Waals surface area contributed by atoms with Crippen molar-refractivity contribution >= 4 is 46.1 Å². The Bertz CT molecular complexity index is 1200. The summed E-state index contributed by atoms with van der Waals surface area (Å²) in [6, 6.07) is 18.0. The van der Waals surface area contributed by atoms with Crippen LogP contribution in [0.15, 0.2) is 60.7 Å². The molecule has 2 aliphatic heterocycles. The van der Waals surface area contributed by atoms with Crippen LogP contribution in [0.2, 0.25) is 9.36 Å². The fourth-order valence-corrected chi connectivity index (χ4v) is 5.46. The lowest BCUT2D eigenvalue weighted by atomic mass is 9.97. The zero-order valence-electron chi connectivity index (χ0n) is 18.5. The van der Waals surface area contributed by atoms with Crippen molar-refractivity contribution in [2.24, 2.45) is 0 Å². The average Bonchev–Trinajstić information content (AvgIpc) is 3.61. The number of nitrogens with zero attached hydrogens (tertiary/aromatic N) is 1. The molecular weight excluding hydrogens is 489 g/mol. The molecule has 0 saturated carbocycles. The first-order valence-electron chi connectivity index (χ1n) is 11.3. The van der Waals surface area contributed by atoms with E-state index < -0.39 is 0 Å². The van der Waals surface area contributed by atoms with Gasteiger partial charge in [-0.15, -0.1) is 11.3 Å². The molecule has 3 heterocycles. The zero-order valence-corrected chi connectivity index (χ0v) is 20.8. The van der Waals surface area contributed by atoms with Gasteiger partial charge in [0, 0.05) is 11.6 Å². The molecule has 1 aromatic heterocycles. The minimum Gasteiger partial charge on any atom is -0.348 e. The number of thiophene rings is 1. The zero-order chi connectivity index (χ0) is 23.5. The highest BCUT2D eigenvalue weighted by Gasteiger charge is 2.20. The summed E-state index contributed by atoms with van der Waals surface area (Å²) in [7, 11) is 0. The Kier molecular flexibility index (Phi) is 7.23. The molecule has 0 aliphatic carbocycles. The average molecular weight is 514 g/mol. The second-order valence-corrected chi connectivity index (χ2v) is 10.7. The molecule has 3 aromatic rings. The second kappa shape index (κ2) is 10.5. The predicted molar refractivity (Wildman–Crippen MR) is 139 cm³/mol.